The minimum absolute atomic E-state index is 0.0155. The predicted molar refractivity (Wildman–Crippen MR) is 68.2 cm³/mol. The van der Waals surface area contributed by atoms with Gasteiger partial charge in [-0.3, -0.25) is 0 Å². The van der Waals surface area contributed by atoms with Gasteiger partial charge in [0.1, 0.15) is 6.54 Å². The van der Waals surface area contributed by atoms with Gasteiger partial charge in [-0.05, 0) is 18.2 Å². The second kappa shape index (κ2) is 4.76. The van der Waals surface area contributed by atoms with Crippen molar-refractivity contribution >= 4 is 32.7 Å². The first-order valence-corrected chi connectivity index (χ1v) is 5.95. The summed E-state index contributed by atoms with van der Waals surface area (Å²) in [5, 5.41) is 12.0. The largest absolute Gasteiger partial charge is 0.409 e. The molecule has 0 saturated heterocycles. The number of hydrogen-bond donors (Lipinski definition) is 2. The molecular weight excluding hydrogens is 327 g/mol. The van der Waals surface area contributed by atoms with Gasteiger partial charge in [0, 0.05) is 9.86 Å². The highest BCUT2D eigenvalue weighted by Crippen LogP contribution is 2.30. The van der Waals surface area contributed by atoms with E-state index < -0.39 is 12.7 Å². The summed E-state index contributed by atoms with van der Waals surface area (Å²) in [6.07, 6.45) is -4.40. The first-order valence-electron chi connectivity index (χ1n) is 5.16. The zero-order valence-corrected chi connectivity index (χ0v) is 11.0. The number of oxime groups is 1. The van der Waals surface area contributed by atoms with Crippen molar-refractivity contribution in [2.75, 3.05) is 0 Å². The van der Waals surface area contributed by atoms with Gasteiger partial charge < -0.3 is 15.5 Å². The molecule has 1 aromatic carbocycles. The van der Waals surface area contributed by atoms with Gasteiger partial charge in [0.2, 0.25) is 0 Å². The number of rotatable bonds is 2. The Morgan fingerprint density at radius 1 is 1.42 bits per heavy atom. The van der Waals surface area contributed by atoms with Crippen LogP contribution in [-0.4, -0.2) is 21.8 Å². The number of alkyl halides is 3. The Balaban J connectivity index is 2.73. The molecule has 1 heterocycles. The first-order chi connectivity index (χ1) is 8.83. The molecule has 0 aliphatic heterocycles. The van der Waals surface area contributed by atoms with Crippen LogP contribution in [-0.2, 0) is 6.54 Å². The van der Waals surface area contributed by atoms with Gasteiger partial charge in [-0.2, -0.15) is 13.2 Å². The Bertz CT molecular complexity index is 648. The summed E-state index contributed by atoms with van der Waals surface area (Å²) in [5.41, 5.74) is 5.79. The van der Waals surface area contributed by atoms with Crippen LogP contribution in [0.25, 0.3) is 10.9 Å². The molecule has 0 bridgehead atoms. The molecule has 19 heavy (non-hydrogen) atoms. The summed E-state index contributed by atoms with van der Waals surface area (Å²) in [4.78, 5) is 0. The second-order valence-electron chi connectivity index (χ2n) is 3.89. The van der Waals surface area contributed by atoms with E-state index >= 15 is 0 Å². The molecule has 102 valence electrons. The quantitative estimate of drug-likeness (QED) is 0.383. The molecule has 3 N–H and O–H groups in total. The number of nitrogens with zero attached hydrogens (tertiary/aromatic N) is 2. The van der Waals surface area contributed by atoms with Gasteiger partial charge in [-0.1, -0.05) is 27.2 Å². The van der Waals surface area contributed by atoms with Crippen molar-refractivity contribution in [2.24, 2.45) is 10.9 Å². The highest BCUT2D eigenvalue weighted by Gasteiger charge is 2.30. The average molecular weight is 336 g/mol. The second-order valence-corrected chi connectivity index (χ2v) is 4.74. The van der Waals surface area contributed by atoms with E-state index in [1.54, 1.807) is 18.2 Å². The van der Waals surface area contributed by atoms with Crippen LogP contribution in [0.1, 0.15) is 5.69 Å². The van der Waals surface area contributed by atoms with Crippen LogP contribution < -0.4 is 5.73 Å². The topological polar surface area (TPSA) is 63.5 Å². The van der Waals surface area contributed by atoms with Crippen LogP contribution in [0.5, 0.6) is 0 Å². The number of benzene rings is 1. The van der Waals surface area contributed by atoms with Gasteiger partial charge >= 0.3 is 6.18 Å². The van der Waals surface area contributed by atoms with E-state index in [1.807, 2.05) is 0 Å². The zero-order valence-electron chi connectivity index (χ0n) is 9.45. The van der Waals surface area contributed by atoms with Crippen molar-refractivity contribution in [1.29, 1.82) is 0 Å². The lowest BCUT2D eigenvalue weighted by molar-refractivity contribution is -0.139. The number of amidine groups is 1. The fraction of sp³-hybridized carbons (Fsp3) is 0.182. The molecular formula is C11H9BrF3N3O. The van der Waals surface area contributed by atoms with Crippen molar-refractivity contribution in [3.05, 3.63) is 34.4 Å². The molecule has 1 aromatic heterocycles. The Kier molecular flexibility index (Phi) is 3.44. The van der Waals surface area contributed by atoms with Gasteiger partial charge in [-0.15, -0.1) is 0 Å². The lowest BCUT2D eigenvalue weighted by Gasteiger charge is -2.12. The molecule has 0 radical (unpaired) electrons. The highest BCUT2D eigenvalue weighted by atomic mass is 79.9. The Hall–Kier alpha value is -1.70. The van der Waals surface area contributed by atoms with E-state index in [0.717, 1.165) is 4.57 Å². The summed E-state index contributed by atoms with van der Waals surface area (Å²) < 4.78 is 39.5. The van der Waals surface area contributed by atoms with Crippen LogP contribution in [0.15, 0.2) is 33.9 Å². The fourth-order valence-corrected chi connectivity index (χ4v) is 2.33. The van der Waals surface area contributed by atoms with Crippen LogP contribution >= 0.6 is 15.9 Å². The third kappa shape index (κ3) is 2.67. The summed E-state index contributed by atoms with van der Waals surface area (Å²) in [6, 6.07) is 6.31. The SMILES string of the molecule is NC(=NO)c1cc2c(Br)cccc2n1CC(F)(F)F. The van der Waals surface area contributed by atoms with E-state index in [1.165, 1.54) is 6.07 Å². The summed E-state index contributed by atoms with van der Waals surface area (Å²) in [7, 11) is 0. The van der Waals surface area contributed by atoms with Gasteiger partial charge in [-0.25, -0.2) is 0 Å². The van der Waals surface area contributed by atoms with E-state index in [9.17, 15) is 13.2 Å². The van der Waals surface area contributed by atoms with Crippen molar-refractivity contribution in [2.45, 2.75) is 12.7 Å². The number of fused-ring (bicyclic) bond motifs is 1. The lowest BCUT2D eigenvalue weighted by atomic mass is 10.2. The Morgan fingerprint density at radius 2 is 2.11 bits per heavy atom. The zero-order chi connectivity index (χ0) is 14.2. The monoisotopic (exact) mass is 335 g/mol. The van der Waals surface area contributed by atoms with E-state index in [2.05, 4.69) is 21.1 Å². The molecule has 0 fully saturated rings. The third-order valence-electron chi connectivity index (χ3n) is 2.60. The minimum atomic E-state index is -4.40. The minimum Gasteiger partial charge on any atom is -0.409 e. The summed E-state index contributed by atoms with van der Waals surface area (Å²) in [5.74, 6) is -0.368. The highest BCUT2D eigenvalue weighted by molar-refractivity contribution is 9.10. The van der Waals surface area contributed by atoms with Crippen LogP contribution in [0.3, 0.4) is 0 Å². The van der Waals surface area contributed by atoms with Crippen LogP contribution in [0, 0.1) is 0 Å². The van der Waals surface area contributed by atoms with E-state index in [-0.39, 0.29) is 11.5 Å². The molecule has 0 amide bonds. The van der Waals surface area contributed by atoms with E-state index in [0.29, 0.717) is 15.4 Å². The molecule has 0 atom stereocenters. The number of nitrogens with two attached hydrogens (primary N) is 1. The molecule has 2 aromatic rings. The maximum atomic E-state index is 12.6. The maximum Gasteiger partial charge on any atom is 0.406 e. The fourth-order valence-electron chi connectivity index (χ4n) is 1.86. The molecule has 8 heteroatoms. The lowest BCUT2D eigenvalue weighted by Crippen LogP contribution is -2.24. The van der Waals surface area contributed by atoms with Crippen molar-refractivity contribution in [3.63, 3.8) is 0 Å². The summed E-state index contributed by atoms with van der Waals surface area (Å²) >= 11 is 3.26. The maximum absolute atomic E-state index is 12.6. The van der Waals surface area contributed by atoms with Crippen molar-refractivity contribution in [3.8, 4) is 0 Å². The number of halogens is 4. The van der Waals surface area contributed by atoms with Crippen molar-refractivity contribution < 1.29 is 18.4 Å². The molecule has 0 saturated carbocycles. The molecule has 4 nitrogen and oxygen atoms in total. The van der Waals surface area contributed by atoms with Gasteiger partial charge in [0.25, 0.3) is 0 Å². The molecule has 0 aliphatic rings. The van der Waals surface area contributed by atoms with Crippen LogP contribution in [0.2, 0.25) is 0 Å². The molecule has 0 aliphatic carbocycles. The smallest absolute Gasteiger partial charge is 0.406 e. The molecule has 2 rings (SSSR count). The average Bonchev–Trinajstić information content (AvgIpc) is 2.67. The van der Waals surface area contributed by atoms with Gasteiger partial charge in [0.05, 0.1) is 11.2 Å². The first kappa shape index (κ1) is 13.7. The number of hydrogen-bond acceptors (Lipinski definition) is 2. The van der Waals surface area contributed by atoms with Gasteiger partial charge in [0.15, 0.2) is 5.84 Å². The third-order valence-corrected chi connectivity index (χ3v) is 3.29. The van der Waals surface area contributed by atoms with Crippen LogP contribution in [0.4, 0.5) is 13.2 Å². The van der Waals surface area contributed by atoms with Crippen molar-refractivity contribution in [1.82, 2.24) is 4.57 Å². The Morgan fingerprint density at radius 3 is 2.68 bits per heavy atom. The summed E-state index contributed by atoms with van der Waals surface area (Å²) in [6.45, 7) is -1.21. The number of aromatic nitrogens is 1. The molecule has 0 spiro atoms. The normalized spacial score (nSPS) is 13.2. The predicted octanol–water partition coefficient (Wildman–Crippen LogP) is 3.06. The molecule has 0 unspecified atom stereocenters. The van der Waals surface area contributed by atoms with E-state index in [4.69, 9.17) is 10.9 Å². The standard InChI is InChI=1S/C11H9BrF3N3O/c12-7-2-1-3-8-6(7)4-9(10(16)17-19)18(8)5-11(13,14)15/h1-4,19H,5H2,(H2,16,17). The Labute approximate surface area is 114 Å².